The third-order valence-corrected chi connectivity index (χ3v) is 3.63. The number of nitrogens with one attached hydrogen (secondary N) is 1. The highest BCUT2D eigenvalue weighted by Crippen LogP contribution is 2.32. The van der Waals surface area contributed by atoms with Crippen LogP contribution in [0.2, 0.25) is 0 Å². The van der Waals surface area contributed by atoms with E-state index in [1.54, 1.807) is 18.2 Å². The fraction of sp³-hybridized carbons (Fsp3) is 0.263. The predicted molar refractivity (Wildman–Crippen MR) is 93.5 cm³/mol. The van der Waals surface area contributed by atoms with Crippen LogP contribution in [-0.4, -0.2) is 37.8 Å². The number of fused-ring (bicyclic) bond motifs is 1. The summed E-state index contributed by atoms with van der Waals surface area (Å²) in [5.41, 5.74) is 0.496. The number of rotatable bonds is 6. The zero-order chi connectivity index (χ0) is 19.2. The Morgan fingerprint density at radius 3 is 2.56 bits per heavy atom. The minimum atomic E-state index is -0.947. The Kier molecular flexibility index (Phi) is 5.75. The SMILES string of the molecule is C[C@@H](Oc1ccc(F)cc1)C(=O)OCC(=O)Nc1ccc2c(c1)OCCO2. The number of esters is 1. The van der Waals surface area contributed by atoms with Crippen molar-refractivity contribution in [1.82, 2.24) is 0 Å². The van der Waals surface area contributed by atoms with E-state index in [9.17, 15) is 14.0 Å². The van der Waals surface area contributed by atoms with E-state index >= 15 is 0 Å². The highest BCUT2D eigenvalue weighted by Gasteiger charge is 2.18. The zero-order valence-corrected chi connectivity index (χ0v) is 14.6. The smallest absolute Gasteiger partial charge is 0.347 e. The Bertz CT molecular complexity index is 823. The van der Waals surface area contributed by atoms with Gasteiger partial charge in [0.25, 0.3) is 5.91 Å². The van der Waals surface area contributed by atoms with Crippen LogP contribution in [0.25, 0.3) is 0 Å². The molecule has 0 bridgehead atoms. The number of amides is 1. The fourth-order valence-corrected chi connectivity index (χ4v) is 2.34. The minimum absolute atomic E-state index is 0.321. The van der Waals surface area contributed by atoms with E-state index in [-0.39, 0.29) is 0 Å². The molecule has 0 aliphatic carbocycles. The molecular weight excluding hydrogens is 357 g/mol. The van der Waals surface area contributed by atoms with E-state index in [4.69, 9.17) is 18.9 Å². The fourth-order valence-electron chi connectivity index (χ4n) is 2.34. The molecule has 3 rings (SSSR count). The topological polar surface area (TPSA) is 83.1 Å². The molecule has 1 N–H and O–H groups in total. The second kappa shape index (κ2) is 8.39. The molecule has 1 heterocycles. The van der Waals surface area contributed by atoms with E-state index in [0.29, 0.717) is 36.1 Å². The van der Waals surface area contributed by atoms with E-state index < -0.39 is 30.4 Å². The van der Waals surface area contributed by atoms with Crippen LogP contribution >= 0.6 is 0 Å². The molecule has 0 saturated heterocycles. The van der Waals surface area contributed by atoms with Crippen LogP contribution in [0.5, 0.6) is 17.2 Å². The lowest BCUT2D eigenvalue weighted by Gasteiger charge is -2.19. The lowest BCUT2D eigenvalue weighted by atomic mass is 10.2. The normalized spacial score (nSPS) is 13.4. The first-order valence-corrected chi connectivity index (χ1v) is 8.29. The van der Waals surface area contributed by atoms with Gasteiger partial charge in [-0.2, -0.15) is 0 Å². The van der Waals surface area contributed by atoms with Crippen molar-refractivity contribution < 1.29 is 32.9 Å². The predicted octanol–water partition coefficient (Wildman–Crippen LogP) is 2.55. The van der Waals surface area contributed by atoms with Gasteiger partial charge in [0.1, 0.15) is 24.8 Å². The van der Waals surface area contributed by atoms with Crippen molar-refractivity contribution in [2.45, 2.75) is 13.0 Å². The molecule has 2 aromatic carbocycles. The molecule has 0 unspecified atom stereocenters. The van der Waals surface area contributed by atoms with Crippen LogP contribution in [0.1, 0.15) is 6.92 Å². The molecule has 2 aromatic rings. The van der Waals surface area contributed by atoms with Gasteiger partial charge in [0.15, 0.2) is 24.2 Å². The minimum Gasteiger partial charge on any atom is -0.486 e. The van der Waals surface area contributed by atoms with Crippen molar-refractivity contribution in [3.8, 4) is 17.2 Å². The van der Waals surface area contributed by atoms with Gasteiger partial charge in [-0.15, -0.1) is 0 Å². The van der Waals surface area contributed by atoms with Crippen molar-refractivity contribution in [3.05, 3.63) is 48.3 Å². The number of hydrogen-bond acceptors (Lipinski definition) is 6. The molecule has 1 aliphatic heterocycles. The third-order valence-electron chi connectivity index (χ3n) is 3.63. The van der Waals surface area contributed by atoms with Crippen molar-refractivity contribution in [3.63, 3.8) is 0 Å². The molecule has 27 heavy (non-hydrogen) atoms. The van der Waals surface area contributed by atoms with Crippen molar-refractivity contribution in [1.29, 1.82) is 0 Å². The van der Waals surface area contributed by atoms with Gasteiger partial charge in [0, 0.05) is 11.8 Å². The Hall–Kier alpha value is -3.29. The molecular formula is C19H18FNO6. The lowest BCUT2D eigenvalue weighted by Crippen LogP contribution is -2.29. The molecule has 0 spiro atoms. The monoisotopic (exact) mass is 375 g/mol. The number of anilines is 1. The van der Waals surface area contributed by atoms with E-state index in [1.807, 2.05) is 0 Å². The molecule has 7 nitrogen and oxygen atoms in total. The van der Waals surface area contributed by atoms with Crippen LogP contribution in [-0.2, 0) is 14.3 Å². The maximum absolute atomic E-state index is 12.9. The van der Waals surface area contributed by atoms with E-state index in [2.05, 4.69) is 5.32 Å². The van der Waals surface area contributed by atoms with Crippen LogP contribution in [0.4, 0.5) is 10.1 Å². The summed E-state index contributed by atoms with van der Waals surface area (Å²) >= 11 is 0. The number of carbonyl (C=O) groups excluding carboxylic acids is 2. The third kappa shape index (κ3) is 5.10. The summed E-state index contributed by atoms with van der Waals surface area (Å²) in [7, 11) is 0. The van der Waals surface area contributed by atoms with Gasteiger partial charge in [-0.05, 0) is 43.3 Å². The maximum Gasteiger partial charge on any atom is 0.347 e. The van der Waals surface area contributed by atoms with Crippen molar-refractivity contribution in [2.75, 3.05) is 25.1 Å². The van der Waals surface area contributed by atoms with Crippen molar-refractivity contribution in [2.24, 2.45) is 0 Å². The lowest BCUT2D eigenvalue weighted by molar-refractivity contribution is -0.153. The van der Waals surface area contributed by atoms with Crippen LogP contribution in [0, 0.1) is 5.82 Å². The van der Waals surface area contributed by atoms with Gasteiger partial charge in [-0.25, -0.2) is 9.18 Å². The zero-order valence-electron chi connectivity index (χ0n) is 14.6. The number of carbonyl (C=O) groups is 2. The summed E-state index contributed by atoms with van der Waals surface area (Å²) in [5, 5.41) is 2.61. The molecule has 0 saturated carbocycles. The molecule has 142 valence electrons. The molecule has 0 fully saturated rings. The summed E-state index contributed by atoms with van der Waals surface area (Å²) in [4.78, 5) is 23.9. The average Bonchev–Trinajstić information content (AvgIpc) is 2.67. The van der Waals surface area contributed by atoms with Gasteiger partial charge >= 0.3 is 5.97 Å². The number of halogens is 1. The van der Waals surface area contributed by atoms with Gasteiger partial charge in [0.05, 0.1) is 0 Å². The van der Waals surface area contributed by atoms with Crippen molar-refractivity contribution >= 4 is 17.6 Å². The Morgan fingerprint density at radius 1 is 1.11 bits per heavy atom. The first kappa shape index (κ1) is 18.5. The second-order valence-corrected chi connectivity index (χ2v) is 5.73. The van der Waals surface area contributed by atoms with E-state index in [0.717, 1.165) is 0 Å². The first-order valence-electron chi connectivity index (χ1n) is 8.29. The van der Waals surface area contributed by atoms with Gasteiger partial charge < -0.3 is 24.3 Å². The number of ether oxygens (including phenoxy) is 4. The Balaban J connectivity index is 1.46. The van der Waals surface area contributed by atoms with Gasteiger partial charge in [0.2, 0.25) is 0 Å². The quantitative estimate of drug-likeness (QED) is 0.782. The summed E-state index contributed by atoms with van der Waals surface area (Å²) in [6, 6.07) is 10.2. The average molecular weight is 375 g/mol. The number of benzene rings is 2. The van der Waals surface area contributed by atoms with E-state index in [1.165, 1.54) is 31.2 Å². The van der Waals surface area contributed by atoms with Crippen LogP contribution in [0.3, 0.4) is 0 Å². The number of hydrogen-bond donors (Lipinski definition) is 1. The summed E-state index contributed by atoms with van der Waals surface area (Å²) < 4.78 is 34.0. The summed E-state index contributed by atoms with van der Waals surface area (Å²) in [5.74, 6) is -0.157. The molecule has 1 aliphatic rings. The summed E-state index contributed by atoms with van der Waals surface area (Å²) in [6.45, 7) is 1.93. The molecule has 1 atom stereocenters. The second-order valence-electron chi connectivity index (χ2n) is 5.73. The molecule has 0 radical (unpaired) electrons. The Morgan fingerprint density at radius 2 is 1.81 bits per heavy atom. The molecule has 0 aromatic heterocycles. The maximum atomic E-state index is 12.9. The standard InChI is InChI=1S/C19H18FNO6/c1-12(27-15-5-2-13(20)3-6-15)19(23)26-11-18(22)21-14-4-7-16-17(10-14)25-9-8-24-16/h2-7,10,12H,8-9,11H2,1H3,(H,21,22)/t12-/m1/s1. The van der Waals surface area contributed by atoms with Gasteiger partial charge in [-0.1, -0.05) is 0 Å². The molecule has 1 amide bonds. The summed E-state index contributed by atoms with van der Waals surface area (Å²) in [6.07, 6.45) is -0.947. The van der Waals surface area contributed by atoms with Crippen LogP contribution in [0.15, 0.2) is 42.5 Å². The Labute approximate surface area is 155 Å². The first-order chi connectivity index (χ1) is 13.0. The molecule has 8 heteroatoms. The largest absolute Gasteiger partial charge is 0.486 e. The highest BCUT2D eigenvalue weighted by molar-refractivity contribution is 5.93. The highest BCUT2D eigenvalue weighted by atomic mass is 19.1. The van der Waals surface area contributed by atoms with Gasteiger partial charge in [-0.3, -0.25) is 4.79 Å². The van der Waals surface area contributed by atoms with Crippen LogP contribution < -0.4 is 19.5 Å².